The molecule has 5 aliphatic rings. The minimum absolute atomic E-state index is 0.0411. The van der Waals surface area contributed by atoms with E-state index in [2.05, 4.69) is 51.7 Å². The Bertz CT molecular complexity index is 2790. The Labute approximate surface area is 481 Å². The van der Waals surface area contributed by atoms with E-state index >= 15 is 0 Å². The molecule has 18 nitrogen and oxygen atoms in total. The van der Waals surface area contributed by atoms with Crippen molar-refractivity contribution in [2.75, 3.05) is 18.5 Å². The van der Waals surface area contributed by atoms with E-state index in [9.17, 15) is 39.0 Å². The molecule has 4 fully saturated rings. The Morgan fingerprint density at radius 1 is 0.829 bits per heavy atom. The van der Waals surface area contributed by atoms with Gasteiger partial charge in [0.15, 0.2) is 0 Å². The summed E-state index contributed by atoms with van der Waals surface area (Å²) in [5.41, 5.74) is 5.78. The number of alkyl carbamates (subject to hydrolysis) is 1. The second kappa shape index (κ2) is 28.0. The summed E-state index contributed by atoms with van der Waals surface area (Å²) in [6.07, 6.45) is 9.38. The molecule has 1 spiro atoms. The van der Waals surface area contributed by atoms with Crippen LogP contribution in [0.3, 0.4) is 0 Å². The molecule has 1 saturated carbocycles. The first kappa shape index (κ1) is 61.4. The molecule has 5 amide bonds. The van der Waals surface area contributed by atoms with Crippen LogP contribution in [0.5, 0.6) is 0 Å². The van der Waals surface area contributed by atoms with Crippen molar-refractivity contribution < 1.29 is 62.7 Å². The van der Waals surface area contributed by atoms with E-state index < -0.39 is 60.0 Å². The van der Waals surface area contributed by atoms with Gasteiger partial charge in [0.05, 0.1) is 43.5 Å². The number of allylic oxidation sites excluding steroid dienone is 2. The number of aryl methyl sites for hydroxylation is 1. The van der Waals surface area contributed by atoms with E-state index in [1.165, 1.54) is 12.2 Å². The van der Waals surface area contributed by atoms with E-state index in [0.717, 1.165) is 34.2 Å². The average Bonchev–Trinajstić information content (AvgIpc) is 3.00. The molecule has 0 bridgehead atoms. The molecule has 2 aliphatic carbocycles. The molecular formula is C64H83N5O13. The SMILES string of the molecule is CC(/C=C/[C@H]1O[C@H](CC(=O)NC2CCC(OC(=O)CCc3ccccc3NC(=O)[C@H](C)NC(=O)[C@@H](NC(=O)OCC3c4ccccc4-c4ccccc43)C(C)C)CC2)C[C@@]2(CO2)[C@@H]1O)=C\C[C@@H]1O[C@H](C)C(NC(=O)/C=C\[C@H](C)O)C[C@@H]1C. The standard InChI is InChI=1S/C64H83N5O13/c1-37(2)59(69-63(77)78-35-51-49-17-11-9-15-47(49)48-16-10-12-18-50(48)51)62(76)65-41(6)61(75)68-52-19-13-8-14-43(52)23-31-58(73)82-45-26-24-44(25-27-45)66-57(72)33-46-34-64(36-79-64)60(74)55(81-46)29-21-38(3)20-28-54-39(4)32-53(42(7)80-54)67-56(71)30-22-40(5)70/h8-22,29-30,37,39-42,44-46,51,53-55,59-60,70,74H,23-28,31-36H2,1-7H3,(H,65,76)(H,66,72)(H,67,71)(H,68,75)(H,69,77)/b29-21+,30-22-,38-20+/t39-,40-,41-,42+,44?,45?,46+,53?,54-,55+,59-,60+,64+/m0/s1. The normalized spacial score (nSPS) is 27.2. The average molecular weight is 1130 g/mol. The van der Waals surface area contributed by atoms with Crippen molar-refractivity contribution in [3.8, 4) is 11.1 Å². The monoisotopic (exact) mass is 1130 g/mol. The van der Waals surface area contributed by atoms with Gasteiger partial charge in [-0.2, -0.15) is 0 Å². The number of amides is 5. The van der Waals surface area contributed by atoms with Gasteiger partial charge in [0.25, 0.3) is 0 Å². The van der Waals surface area contributed by atoms with Crippen LogP contribution in [0.25, 0.3) is 11.1 Å². The van der Waals surface area contributed by atoms with Crippen molar-refractivity contribution in [3.05, 3.63) is 125 Å². The van der Waals surface area contributed by atoms with Gasteiger partial charge in [-0.3, -0.25) is 24.0 Å². The van der Waals surface area contributed by atoms with Crippen LogP contribution in [0.2, 0.25) is 0 Å². The summed E-state index contributed by atoms with van der Waals surface area (Å²) in [7, 11) is 0. The Morgan fingerprint density at radius 3 is 2.17 bits per heavy atom. The fourth-order valence-corrected chi connectivity index (χ4v) is 11.7. The van der Waals surface area contributed by atoms with Crippen molar-refractivity contribution in [1.82, 2.24) is 21.3 Å². The molecule has 0 radical (unpaired) electrons. The topological polar surface area (TPSA) is 252 Å². The molecule has 442 valence electrons. The summed E-state index contributed by atoms with van der Waals surface area (Å²) in [6.45, 7) is 13.3. The maximum atomic E-state index is 13.5. The number of para-hydroxylation sites is 1. The number of carbonyl (C=O) groups excluding carboxylic acids is 6. The minimum atomic E-state index is -0.972. The van der Waals surface area contributed by atoms with Gasteiger partial charge in [0.1, 0.15) is 42.6 Å². The first-order valence-electron chi connectivity index (χ1n) is 29.2. The summed E-state index contributed by atoms with van der Waals surface area (Å²) < 4.78 is 30.0. The summed E-state index contributed by atoms with van der Waals surface area (Å²) in [5, 5.41) is 35.2. The second-order valence-electron chi connectivity index (χ2n) is 23.4. The smallest absolute Gasteiger partial charge is 0.407 e. The highest BCUT2D eigenvalue weighted by Crippen LogP contribution is 2.45. The third-order valence-corrected chi connectivity index (χ3v) is 16.5. The van der Waals surface area contributed by atoms with Crippen molar-refractivity contribution in [2.24, 2.45) is 11.8 Å². The number of carbonyl (C=O) groups is 6. The molecular weight excluding hydrogens is 1050 g/mol. The third kappa shape index (κ3) is 16.3. The van der Waals surface area contributed by atoms with E-state index in [4.69, 9.17) is 23.7 Å². The highest BCUT2D eigenvalue weighted by molar-refractivity contribution is 5.98. The Kier molecular flexibility index (Phi) is 21.0. The Morgan fingerprint density at radius 2 is 1.50 bits per heavy atom. The van der Waals surface area contributed by atoms with Crippen LogP contribution in [0, 0.1) is 11.8 Å². The molecule has 11 atom stereocenters. The third-order valence-electron chi connectivity index (χ3n) is 16.5. The fraction of sp³-hybridized carbons (Fsp3) is 0.531. The van der Waals surface area contributed by atoms with Crippen LogP contribution in [-0.4, -0.2) is 132 Å². The molecule has 3 aliphatic heterocycles. The van der Waals surface area contributed by atoms with Crippen molar-refractivity contribution in [1.29, 1.82) is 0 Å². The van der Waals surface area contributed by atoms with Gasteiger partial charge >= 0.3 is 12.1 Å². The van der Waals surface area contributed by atoms with E-state index in [0.29, 0.717) is 62.8 Å². The zero-order valence-electron chi connectivity index (χ0n) is 48.3. The van der Waals surface area contributed by atoms with Crippen LogP contribution < -0.4 is 26.6 Å². The van der Waals surface area contributed by atoms with Gasteiger partial charge in [-0.25, -0.2) is 4.79 Å². The predicted molar refractivity (Wildman–Crippen MR) is 309 cm³/mol. The summed E-state index contributed by atoms with van der Waals surface area (Å²) in [5.74, 6) is -2.08. The van der Waals surface area contributed by atoms with E-state index in [1.807, 2.05) is 74.5 Å². The quantitative estimate of drug-likeness (QED) is 0.0224. The van der Waals surface area contributed by atoms with Crippen LogP contribution in [-0.2, 0) is 54.1 Å². The number of benzene rings is 3. The number of anilines is 1. The van der Waals surface area contributed by atoms with Crippen LogP contribution in [0.15, 0.2) is 109 Å². The number of hydrogen-bond donors (Lipinski definition) is 7. The number of ether oxygens (including phenoxy) is 5. The zero-order chi connectivity index (χ0) is 58.7. The van der Waals surface area contributed by atoms with Crippen LogP contribution >= 0.6 is 0 Å². The molecule has 82 heavy (non-hydrogen) atoms. The minimum Gasteiger partial charge on any atom is -0.462 e. The lowest BCUT2D eigenvalue weighted by Crippen LogP contribution is -2.53. The number of hydrogen-bond acceptors (Lipinski definition) is 13. The highest BCUT2D eigenvalue weighted by Gasteiger charge is 2.58. The number of aliphatic hydroxyl groups excluding tert-OH is 2. The molecule has 3 aromatic rings. The first-order valence-corrected chi connectivity index (χ1v) is 29.2. The number of aliphatic hydroxyl groups is 2. The van der Waals surface area contributed by atoms with Gasteiger partial charge in [0, 0.05) is 36.6 Å². The number of fused-ring (bicyclic) bond motifs is 3. The highest BCUT2D eigenvalue weighted by atomic mass is 16.6. The largest absolute Gasteiger partial charge is 0.462 e. The van der Waals surface area contributed by atoms with E-state index in [1.54, 1.807) is 39.8 Å². The van der Waals surface area contributed by atoms with Gasteiger partial charge in [0.2, 0.25) is 23.6 Å². The molecule has 3 heterocycles. The lowest BCUT2D eigenvalue weighted by atomic mass is 9.87. The van der Waals surface area contributed by atoms with E-state index in [-0.39, 0.29) is 85.4 Å². The number of epoxide rings is 1. The molecule has 18 heteroatoms. The molecule has 7 N–H and O–H groups in total. The van der Waals surface area contributed by atoms with Gasteiger partial charge < -0.3 is 60.5 Å². The van der Waals surface area contributed by atoms with Gasteiger partial charge in [-0.1, -0.05) is 117 Å². The molecule has 1 unspecified atom stereocenters. The van der Waals surface area contributed by atoms with Crippen LogP contribution in [0.4, 0.5) is 10.5 Å². The van der Waals surface area contributed by atoms with Gasteiger partial charge in [-0.15, -0.1) is 0 Å². The lowest BCUT2D eigenvalue weighted by Gasteiger charge is -2.39. The Hall–Kier alpha value is -6.70. The summed E-state index contributed by atoms with van der Waals surface area (Å²) in [4.78, 5) is 79.1. The zero-order valence-corrected chi connectivity index (χ0v) is 48.3. The summed E-state index contributed by atoms with van der Waals surface area (Å²) >= 11 is 0. The van der Waals surface area contributed by atoms with Crippen molar-refractivity contribution >= 4 is 41.4 Å². The van der Waals surface area contributed by atoms with Crippen molar-refractivity contribution in [2.45, 2.75) is 191 Å². The second-order valence-corrected chi connectivity index (χ2v) is 23.4. The molecule has 8 rings (SSSR count). The maximum absolute atomic E-state index is 13.5. The molecule has 0 aromatic heterocycles. The predicted octanol–water partition coefficient (Wildman–Crippen LogP) is 7.40. The molecule has 3 saturated heterocycles. The van der Waals surface area contributed by atoms with Crippen LogP contribution in [0.1, 0.15) is 129 Å². The number of rotatable bonds is 22. The summed E-state index contributed by atoms with van der Waals surface area (Å²) in [6, 6.07) is 21.0. The fourth-order valence-electron chi connectivity index (χ4n) is 11.7. The van der Waals surface area contributed by atoms with Crippen molar-refractivity contribution in [3.63, 3.8) is 0 Å². The van der Waals surface area contributed by atoms with Gasteiger partial charge in [-0.05, 0) is 118 Å². The number of esters is 1. The molecule has 3 aromatic carbocycles. The lowest BCUT2D eigenvalue weighted by molar-refractivity contribution is -0.151. The first-order chi connectivity index (χ1) is 39.2. The number of nitrogens with one attached hydrogen (secondary N) is 5. The Balaban J connectivity index is 0.726. The maximum Gasteiger partial charge on any atom is 0.407 e.